The van der Waals surface area contributed by atoms with Crippen molar-refractivity contribution in [2.75, 3.05) is 4.90 Å². The van der Waals surface area contributed by atoms with Crippen LogP contribution in [0.5, 0.6) is 0 Å². The Morgan fingerprint density at radius 3 is 2.70 bits per heavy atom. The van der Waals surface area contributed by atoms with Gasteiger partial charge in [-0.15, -0.1) is 0 Å². The number of carbonyl (C=O) groups excluding carboxylic acids is 3. The molecule has 2 aromatic rings. The van der Waals surface area contributed by atoms with E-state index in [-0.39, 0.29) is 6.42 Å². The lowest BCUT2D eigenvalue weighted by Crippen LogP contribution is -2.53. The van der Waals surface area contributed by atoms with E-state index < -0.39 is 17.8 Å². The zero-order chi connectivity index (χ0) is 14.3. The van der Waals surface area contributed by atoms with Crippen LogP contribution in [0.1, 0.15) is 12.1 Å². The highest BCUT2D eigenvalue weighted by Crippen LogP contribution is 2.27. The van der Waals surface area contributed by atoms with Crippen molar-refractivity contribution in [2.24, 2.45) is 0 Å². The quantitative estimate of drug-likeness (QED) is 0.796. The molecular formula is C14H11N3O3. The summed E-state index contributed by atoms with van der Waals surface area (Å²) in [6.07, 6.45) is -0.339. The van der Waals surface area contributed by atoms with Gasteiger partial charge in [-0.2, -0.15) is 0 Å². The van der Waals surface area contributed by atoms with Gasteiger partial charge < -0.3 is 0 Å². The van der Waals surface area contributed by atoms with Crippen LogP contribution in [0.2, 0.25) is 0 Å². The number of aromatic nitrogens is 1. The molecule has 0 saturated carbocycles. The molecule has 1 aliphatic rings. The van der Waals surface area contributed by atoms with Gasteiger partial charge in [-0.25, -0.2) is 9.69 Å². The van der Waals surface area contributed by atoms with Crippen molar-refractivity contribution < 1.29 is 14.4 Å². The van der Waals surface area contributed by atoms with Gasteiger partial charge in [0, 0.05) is 11.1 Å². The number of carbonyl (C=O) groups is 3. The van der Waals surface area contributed by atoms with Gasteiger partial charge in [0.05, 0.1) is 11.2 Å². The molecule has 0 bridgehead atoms. The normalized spacial score (nSPS) is 15.7. The predicted octanol–water partition coefficient (Wildman–Crippen LogP) is 1.52. The third kappa shape index (κ3) is 1.91. The Hall–Kier alpha value is -2.76. The van der Waals surface area contributed by atoms with Crippen LogP contribution in [-0.2, 0) is 9.59 Å². The number of imide groups is 2. The Labute approximate surface area is 114 Å². The van der Waals surface area contributed by atoms with E-state index in [0.29, 0.717) is 11.2 Å². The van der Waals surface area contributed by atoms with Gasteiger partial charge >= 0.3 is 6.03 Å². The van der Waals surface area contributed by atoms with Crippen LogP contribution in [0, 0.1) is 6.92 Å². The molecule has 20 heavy (non-hydrogen) atoms. The number of hydrogen-bond acceptors (Lipinski definition) is 4. The number of nitrogens with one attached hydrogen (secondary N) is 1. The summed E-state index contributed by atoms with van der Waals surface area (Å²) in [6.45, 7) is 1.83. The lowest BCUT2D eigenvalue weighted by molar-refractivity contribution is -0.128. The number of rotatable bonds is 1. The molecule has 1 aliphatic heterocycles. The average Bonchev–Trinajstić information content (AvgIpc) is 2.38. The number of nitrogens with zero attached hydrogens (tertiary/aromatic N) is 2. The van der Waals surface area contributed by atoms with Crippen molar-refractivity contribution in [1.82, 2.24) is 10.3 Å². The second-order valence-corrected chi connectivity index (χ2v) is 4.56. The minimum absolute atomic E-state index is 0.339. The lowest BCUT2D eigenvalue weighted by atomic mass is 10.1. The zero-order valence-corrected chi connectivity index (χ0v) is 10.7. The number of urea groups is 1. The number of para-hydroxylation sites is 1. The highest BCUT2D eigenvalue weighted by atomic mass is 16.2. The Morgan fingerprint density at radius 2 is 1.95 bits per heavy atom. The molecule has 1 N–H and O–H groups in total. The standard InChI is InChI=1S/C14H11N3O3/c1-8-5-6-9-3-2-4-10(13(9)15-8)17-12(19)7-11(18)16-14(17)20/h2-6H,7H2,1H3,(H,16,18,20). The maximum absolute atomic E-state index is 12.0. The van der Waals surface area contributed by atoms with Gasteiger partial charge in [0.25, 0.3) is 0 Å². The Morgan fingerprint density at radius 1 is 1.15 bits per heavy atom. The number of aryl methyl sites for hydroxylation is 1. The van der Waals surface area contributed by atoms with Gasteiger partial charge in [0.2, 0.25) is 11.8 Å². The second-order valence-electron chi connectivity index (χ2n) is 4.56. The fourth-order valence-electron chi connectivity index (χ4n) is 2.20. The molecule has 4 amide bonds. The number of fused-ring (bicyclic) bond motifs is 1. The number of benzene rings is 1. The van der Waals surface area contributed by atoms with Crippen molar-refractivity contribution in [2.45, 2.75) is 13.3 Å². The molecule has 3 rings (SSSR count). The van der Waals surface area contributed by atoms with Crippen LogP contribution in [0.4, 0.5) is 10.5 Å². The first-order valence-electron chi connectivity index (χ1n) is 6.09. The van der Waals surface area contributed by atoms with Crippen LogP contribution in [0.15, 0.2) is 30.3 Å². The topological polar surface area (TPSA) is 79.4 Å². The Balaban J connectivity index is 2.19. The van der Waals surface area contributed by atoms with Crippen molar-refractivity contribution in [1.29, 1.82) is 0 Å². The summed E-state index contributed by atoms with van der Waals surface area (Å²) >= 11 is 0. The second kappa shape index (κ2) is 4.41. The summed E-state index contributed by atoms with van der Waals surface area (Å²) in [5.41, 5.74) is 1.73. The van der Waals surface area contributed by atoms with Crippen LogP contribution >= 0.6 is 0 Å². The Bertz CT molecular complexity index is 734. The number of pyridine rings is 1. The zero-order valence-electron chi connectivity index (χ0n) is 10.7. The van der Waals surface area contributed by atoms with Crippen molar-refractivity contribution >= 4 is 34.4 Å². The van der Waals surface area contributed by atoms with E-state index in [4.69, 9.17) is 0 Å². The van der Waals surface area contributed by atoms with Crippen molar-refractivity contribution in [3.05, 3.63) is 36.0 Å². The molecule has 0 atom stereocenters. The molecular weight excluding hydrogens is 258 g/mol. The minimum atomic E-state index is -0.734. The third-order valence-corrected chi connectivity index (χ3v) is 3.09. The first kappa shape index (κ1) is 12.3. The van der Waals surface area contributed by atoms with Gasteiger partial charge in [0.15, 0.2) is 0 Å². The first-order valence-corrected chi connectivity index (χ1v) is 6.09. The minimum Gasteiger partial charge on any atom is -0.277 e. The van der Waals surface area contributed by atoms with Crippen LogP contribution in [0.25, 0.3) is 10.9 Å². The van der Waals surface area contributed by atoms with Crippen LogP contribution in [-0.4, -0.2) is 22.8 Å². The highest BCUT2D eigenvalue weighted by molar-refractivity contribution is 6.27. The fourth-order valence-corrected chi connectivity index (χ4v) is 2.20. The van der Waals surface area contributed by atoms with Gasteiger partial charge in [-0.3, -0.25) is 19.9 Å². The SMILES string of the molecule is Cc1ccc2cccc(N3C(=O)CC(=O)NC3=O)c2n1. The summed E-state index contributed by atoms with van der Waals surface area (Å²) in [5, 5.41) is 2.96. The van der Waals surface area contributed by atoms with E-state index in [1.807, 2.05) is 25.1 Å². The number of amides is 4. The molecule has 2 heterocycles. The molecule has 6 nitrogen and oxygen atoms in total. The van der Waals surface area contributed by atoms with Crippen LogP contribution in [0.3, 0.4) is 0 Å². The number of anilines is 1. The van der Waals surface area contributed by atoms with Gasteiger partial charge in [-0.05, 0) is 19.1 Å². The molecule has 0 aliphatic carbocycles. The molecule has 0 spiro atoms. The first-order chi connectivity index (χ1) is 9.56. The molecule has 1 aromatic carbocycles. The van der Waals surface area contributed by atoms with Crippen molar-refractivity contribution in [3.63, 3.8) is 0 Å². The van der Waals surface area contributed by atoms with E-state index in [9.17, 15) is 14.4 Å². The monoisotopic (exact) mass is 269 g/mol. The fraction of sp³-hybridized carbons (Fsp3) is 0.143. The average molecular weight is 269 g/mol. The molecule has 1 saturated heterocycles. The summed E-state index contributed by atoms with van der Waals surface area (Å²) in [7, 11) is 0. The van der Waals surface area contributed by atoms with E-state index in [1.165, 1.54) is 0 Å². The molecule has 6 heteroatoms. The van der Waals surface area contributed by atoms with Gasteiger partial charge in [0.1, 0.15) is 6.42 Å². The van der Waals surface area contributed by atoms with E-state index in [0.717, 1.165) is 16.0 Å². The van der Waals surface area contributed by atoms with Crippen molar-refractivity contribution in [3.8, 4) is 0 Å². The smallest absolute Gasteiger partial charge is 0.277 e. The largest absolute Gasteiger partial charge is 0.335 e. The molecule has 1 aromatic heterocycles. The van der Waals surface area contributed by atoms with Crippen LogP contribution < -0.4 is 10.2 Å². The summed E-state index contributed by atoms with van der Waals surface area (Å²) in [4.78, 5) is 40.4. The van der Waals surface area contributed by atoms with Gasteiger partial charge in [-0.1, -0.05) is 18.2 Å². The van der Waals surface area contributed by atoms with E-state index >= 15 is 0 Å². The molecule has 0 unspecified atom stereocenters. The Kier molecular flexibility index (Phi) is 2.71. The highest BCUT2D eigenvalue weighted by Gasteiger charge is 2.33. The predicted molar refractivity (Wildman–Crippen MR) is 72.1 cm³/mol. The lowest BCUT2D eigenvalue weighted by Gasteiger charge is -2.25. The summed E-state index contributed by atoms with van der Waals surface area (Å²) < 4.78 is 0. The summed E-state index contributed by atoms with van der Waals surface area (Å²) in [5.74, 6) is -1.13. The van der Waals surface area contributed by atoms with E-state index in [2.05, 4.69) is 10.3 Å². The number of hydrogen-bond donors (Lipinski definition) is 1. The molecule has 100 valence electrons. The maximum Gasteiger partial charge on any atom is 0.335 e. The molecule has 1 fully saturated rings. The van der Waals surface area contributed by atoms with E-state index in [1.54, 1.807) is 12.1 Å². The summed E-state index contributed by atoms with van der Waals surface area (Å²) in [6, 6.07) is 8.23. The third-order valence-electron chi connectivity index (χ3n) is 3.09. The molecule has 0 radical (unpaired) electrons. The number of barbiturate groups is 1. The maximum atomic E-state index is 12.0.